The highest BCUT2D eigenvalue weighted by Gasteiger charge is 2.44. The van der Waals surface area contributed by atoms with E-state index in [2.05, 4.69) is 0 Å². The zero-order chi connectivity index (χ0) is 18.2. The van der Waals surface area contributed by atoms with Crippen molar-refractivity contribution in [2.45, 2.75) is 17.0 Å². The minimum absolute atomic E-state index is 0.186. The Balaban J connectivity index is 2.13. The molecule has 1 N–H and O–H groups in total. The average Bonchev–Trinajstić information content (AvgIpc) is 2.81. The molecule has 0 aliphatic carbocycles. The number of nitrogens with zero attached hydrogens (tertiary/aromatic N) is 1. The highest BCUT2D eigenvalue weighted by Crippen LogP contribution is 2.31. The van der Waals surface area contributed by atoms with Gasteiger partial charge in [-0.25, -0.2) is 21.2 Å². The number of sulfonamides is 1. The van der Waals surface area contributed by atoms with Gasteiger partial charge in [-0.15, -0.1) is 0 Å². The van der Waals surface area contributed by atoms with E-state index in [9.17, 15) is 26.3 Å². The Morgan fingerprint density at radius 1 is 1.00 bits per heavy atom. The van der Waals surface area contributed by atoms with E-state index in [0.717, 1.165) is 28.6 Å². The van der Waals surface area contributed by atoms with Crippen LogP contribution in [0.1, 0.15) is 0 Å². The molecule has 2 atom stereocenters. The van der Waals surface area contributed by atoms with Gasteiger partial charge in [0.2, 0.25) is 0 Å². The van der Waals surface area contributed by atoms with Crippen LogP contribution in [0.2, 0.25) is 0 Å². The minimum atomic E-state index is -4.20. The van der Waals surface area contributed by atoms with E-state index in [4.69, 9.17) is 0 Å². The number of aliphatic hydroxyl groups excluding tert-OH is 1. The fraction of sp³-hybridized carbons (Fsp3) is 0.250. The van der Waals surface area contributed by atoms with Crippen LogP contribution in [0, 0.1) is 5.82 Å². The molecule has 1 heterocycles. The molecule has 0 saturated carbocycles. The van der Waals surface area contributed by atoms with Crippen molar-refractivity contribution in [2.24, 2.45) is 0 Å². The molecule has 0 unspecified atom stereocenters. The number of sulfone groups is 1. The third-order valence-corrected chi connectivity index (χ3v) is 7.54. The first kappa shape index (κ1) is 17.8. The lowest BCUT2D eigenvalue weighted by molar-refractivity contribution is 0.184. The van der Waals surface area contributed by atoms with Crippen LogP contribution in [-0.2, 0) is 19.9 Å². The van der Waals surface area contributed by atoms with Crippen molar-refractivity contribution in [1.29, 1.82) is 0 Å². The standard InChI is InChI=1S/C16H16FNO5S2/c17-12-6-8-14(9-7-12)25(22,23)18(13-4-2-1-3-5-13)15-10-24(20,21)11-16(15)19/h1-9,15-16,19H,10-11H2/t15-,16-/m1/s1. The molecule has 2 aromatic rings. The molecule has 1 fully saturated rings. The third kappa shape index (κ3) is 3.53. The van der Waals surface area contributed by atoms with Gasteiger partial charge in [-0.05, 0) is 36.4 Å². The summed E-state index contributed by atoms with van der Waals surface area (Å²) in [6.45, 7) is 0. The molecule has 0 radical (unpaired) electrons. The predicted molar refractivity (Wildman–Crippen MR) is 91.0 cm³/mol. The SMILES string of the molecule is O=S1(=O)C[C@@H](O)[C@H](N(c2ccccc2)S(=O)(=O)c2ccc(F)cc2)C1. The summed E-state index contributed by atoms with van der Waals surface area (Å²) in [5, 5.41) is 10.2. The van der Waals surface area contributed by atoms with Crippen LogP contribution in [0.5, 0.6) is 0 Å². The number of benzene rings is 2. The van der Waals surface area contributed by atoms with Gasteiger partial charge in [0.05, 0.1) is 34.2 Å². The highest BCUT2D eigenvalue weighted by molar-refractivity contribution is 7.93. The van der Waals surface area contributed by atoms with Crippen molar-refractivity contribution in [3.05, 3.63) is 60.4 Å². The molecule has 0 amide bonds. The molecule has 6 nitrogen and oxygen atoms in total. The summed E-state index contributed by atoms with van der Waals surface area (Å²) in [6, 6.07) is 11.0. The minimum Gasteiger partial charge on any atom is -0.390 e. The molecular weight excluding hydrogens is 369 g/mol. The van der Waals surface area contributed by atoms with Crippen LogP contribution in [0.4, 0.5) is 10.1 Å². The molecule has 1 saturated heterocycles. The number of para-hydroxylation sites is 1. The van der Waals surface area contributed by atoms with E-state index in [1.807, 2.05) is 0 Å². The van der Waals surface area contributed by atoms with Crippen molar-refractivity contribution in [3.63, 3.8) is 0 Å². The fourth-order valence-electron chi connectivity index (χ4n) is 2.84. The normalized spacial score (nSPS) is 22.6. The molecule has 0 bridgehead atoms. The second kappa shape index (κ2) is 6.40. The topological polar surface area (TPSA) is 91.8 Å². The summed E-state index contributed by atoms with van der Waals surface area (Å²) in [5.74, 6) is -1.57. The van der Waals surface area contributed by atoms with E-state index in [1.165, 1.54) is 12.1 Å². The maximum absolute atomic E-state index is 13.1. The summed E-state index contributed by atoms with van der Waals surface area (Å²) in [4.78, 5) is -0.186. The Hall–Kier alpha value is -1.97. The van der Waals surface area contributed by atoms with Gasteiger partial charge in [0.15, 0.2) is 9.84 Å². The Morgan fingerprint density at radius 2 is 1.60 bits per heavy atom. The first-order valence-corrected chi connectivity index (χ1v) is 10.7. The van der Waals surface area contributed by atoms with Crippen LogP contribution >= 0.6 is 0 Å². The van der Waals surface area contributed by atoms with E-state index in [1.54, 1.807) is 18.2 Å². The van der Waals surface area contributed by atoms with Crippen molar-refractivity contribution >= 4 is 25.5 Å². The van der Waals surface area contributed by atoms with E-state index >= 15 is 0 Å². The Morgan fingerprint density at radius 3 is 2.12 bits per heavy atom. The average molecular weight is 385 g/mol. The summed E-state index contributed by atoms with van der Waals surface area (Å²) in [6.07, 6.45) is -1.35. The van der Waals surface area contributed by atoms with E-state index in [0.29, 0.717) is 0 Å². The molecule has 2 aromatic carbocycles. The second-order valence-corrected chi connectivity index (χ2v) is 9.77. The van der Waals surface area contributed by atoms with Crippen molar-refractivity contribution in [1.82, 2.24) is 0 Å². The Labute approximate surface area is 145 Å². The van der Waals surface area contributed by atoms with E-state index in [-0.39, 0.29) is 10.6 Å². The molecule has 1 aliphatic heterocycles. The third-order valence-electron chi connectivity index (χ3n) is 3.98. The van der Waals surface area contributed by atoms with Gasteiger partial charge < -0.3 is 5.11 Å². The van der Waals surface area contributed by atoms with Crippen LogP contribution < -0.4 is 4.31 Å². The maximum Gasteiger partial charge on any atom is 0.264 e. The molecule has 25 heavy (non-hydrogen) atoms. The van der Waals surface area contributed by atoms with Crippen LogP contribution in [0.15, 0.2) is 59.5 Å². The summed E-state index contributed by atoms with van der Waals surface area (Å²) in [7, 11) is -7.76. The molecule has 9 heteroatoms. The molecular formula is C16H16FNO5S2. The monoisotopic (exact) mass is 385 g/mol. The molecule has 1 aliphatic rings. The van der Waals surface area contributed by atoms with Gasteiger partial charge in [-0.1, -0.05) is 18.2 Å². The van der Waals surface area contributed by atoms with E-state index < -0.39 is 49.3 Å². The largest absolute Gasteiger partial charge is 0.390 e. The van der Waals surface area contributed by atoms with Gasteiger partial charge in [0.1, 0.15) is 5.82 Å². The maximum atomic E-state index is 13.1. The van der Waals surface area contributed by atoms with Crippen molar-refractivity contribution in [2.75, 3.05) is 15.8 Å². The molecule has 0 spiro atoms. The predicted octanol–water partition coefficient (Wildman–Crippen LogP) is 1.18. The molecule has 3 rings (SSSR count). The first-order chi connectivity index (χ1) is 11.7. The number of aliphatic hydroxyl groups is 1. The Kier molecular flexibility index (Phi) is 4.56. The van der Waals surface area contributed by atoms with Gasteiger partial charge in [-0.3, -0.25) is 4.31 Å². The summed E-state index contributed by atoms with van der Waals surface area (Å²) < 4.78 is 63.9. The van der Waals surface area contributed by atoms with Crippen LogP contribution in [0.3, 0.4) is 0 Å². The molecule has 0 aromatic heterocycles. The van der Waals surface area contributed by atoms with Crippen LogP contribution in [-0.4, -0.2) is 45.6 Å². The Bertz CT molecular complexity index is 959. The number of halogens is 1. The van der Waals surface area contributed by atoms with Crippen LogP contribution in [0.25, 0.3) is 0 Å². The van der Waals surface area contributed by atoms with Gasteiger partial charge in [-0.2, -0.15) is 0 Å². The van der Waals surface area contributed by atoms with Gasteiger partial charge >= 0.3 is 0 Å². The summed E-state index contributed by atoms with van der Waals surface area (Å²) in [5.41, 5.74) is 0.230. The lowest BCUT2D eigenvalue weighted by atomic mass is 10.2. The summed E-state index contributed by atoms with van der Waals surface area (Å²) >= 11 is 0. The molecule has 134 valence electrons. The lowest BCUT2D eigenvalue weighted by Crippen LogP contribution is -2.47. The zero-order valence-corrected chi connectivity index (χ0v) is 14.6. The number of hydrogen-bond acceptors (Lipinski definition) is 5. The van der Waals surface area contributed by atoms with Gasteiger partial charge in [0, 0.05) is 0 Å². The zero-order valence-electron chi connectivity index (χ0n) is 13.0. The smallest absolute Gasteiger partial charge is 0.264 e. The quantitative estimate of drug-likeness (QED) is 0.853. The first-order valence-electron chi connectivity index (χ1n) is 7.44. The van der Waals surface area contributed by atoms with Gasteiger partial charge in [0.25, 0.3) is 10.0 Å². The highest BCUT2D eigenvalue weighted by atomic mass is 32.2. The number of anilines is 1. The number of hydrogen-bond donors (Lipinski definition) is 1. The fourth-order valence-corrected chi connectivity index (χ4v) is 6.38. The van der Waals surface area contributed by atoms with Crippen molar-refractivity contribution in [3.8, 4) is 0 Å². The number of rotatable bonds is 4. The second-order valence-electron chi connectivity index (χ2n) is 5.80. The lowest BCUT2D eigenvalue weighted by Gasteiger charge is -2.31. The van der Waals surface area contributed by atoms with Crippen molar-refractivity contribution < 1.29 is 26.3 Å².